The van der Waals surface area contributed by atoms with Gasteiger partial charge in [0.15, 0.2) is 0 Å². The van der Waals surface area contributed by atoms with Crippen molar-refractivity contribution in [1.29, 1.82) is 0 Å². The van der Waals surface area contributed by atoms with Gasteiger partial charge in [0.25, 0.3) is 0 Å². The Bertz CT molecular complexity index is 827. The number of hydrogen-bond acceptors (Lipinski definition) is 0. The number of halogens is 15. The third-order valence-corrected chi connectivity index (χ3v) is 4.47. The van der Waals surface area contributed by atoms with E-state index in [9.17, 15) is 65.9 Å². The second kappa shape index (κ2) is 7.34. The molecule has 186 valence electrons. The van der Waals surface area contributed by atoms with E-state index >= 15 is 0 Å². The van der Waals surface area contributed by atoms with E-state index < -0.39 is 64.3 Å². The van der Waals surface area contributed by atoms with E-state index in [2.05, 4.69) is 0 Å². The molecule has 15 heteroatoms. The van der Waals surface area contributed by atoms with Gasteiger partial charge in [0.05, 0.1) is 5.56 Å². The normalized spacial score (nSPS) is 15.8. The smallest absolute Gasteiger partial charge is 0.199 e. The largest absolute Gasteiger partial charge is 0.416 e. The summed E-state index contributed by atoms with van der Waals surface area (Å²) in [5.41, 5.74) is -7.93. The Kier molecular flexibility index (Phi) is 6.47. The highest BCUT2D eigenvalue weighted by atomic mass is 19.4. The van der Waals surface area contributed by atoms with E-state index in [0.29, 0.717) is 0 Å². The van der Waals surface area contributed by atoms with Crippen LogP contribution in [0.2, 0.25) is 0 Å². The molecule has 0 amide bonds. The predicted molar refractivity (Wildman–Crippen MR) is 79.5 cm³/mol. The van der Waals surface area contributed by atoms with E-state index in [1.54, 1.807) is 0 Å². The summed E-state index contributed by atoms with van der Waals surface area (Å²) in [5, 5.41) is 0. The minimum absolute atomic E-state index is 0.0286. The van der Waals surface area contributed by atoms with E-state index in [4.69, 9.17) is 0 Å². The van der Waals surface area contributed by atoms with Crippen LogP contribution < -0.4 is 0 Å². The molecule has 0 radical (unpaired) electrons. The van der Waals surface area contributed by atoms with Crippen molar-refractivity contribution >= 4 is 0 Å². The maximum atomic E-state index is 14.1. The van der Waals surface area contributed by atoms with Crippen molar-refractivity contribution in [2.24, 2.45) is 5.41 Å². The zero-order chi connectivity index (χ0) is 26.0. The average molecular weight is 502 g/mol. The molecule has 0 N–H and O–H groups in total. The fourth-order valence-corrected chi connectivity index (χ4v) is 2.33. The van der Waals surface area contributed by atoms with Crippen molar-refractivity contribution in [2.75, 3.05) is 0 Å². The molecule has 0 fully saturated rings. The van der Waals surface area contributed by atoms with Crippen LogP contribution in [0.1, 0.15) is 31.9 Å². The summed E-state index contributed by atoms with van der Waals surface area (Å²) in [6, 6.07) is -1.04. The SMILES string of the molecule is CC(C)(C)C(F)(F)C(F)(F)C(F)(F)C(F)(F)C(F)(F)C(F)(F)c1cccc(C(F)(F)F)c1. The molecule has 0 aliphatic heterocycles. The Morgan fingerprint density at radius 3 is 1.19 bits per heavy atom. The van der Waals surface area contributed by atoms with Crippen LogP contribution in [0.3, 0.4) is 0 Å². The molecule has 0 bridgehead atoms. The van der Waals surface area contributed by atoms with Gasteiger partial charge in [0, 0.05) is 11.0 Å². The van der Waals surface area contributed by atoms with Gasteiger partial charge in [-0.15, -0.1) is 0 Å². The Labute approximate surface area is 170 Å². The van der Waals surface area contributed by atoms with Crippen molar-refractivity contribution in [3.05, 3.63) is 35.4 Å². The van der Waals surface area contributed by atoms with Gasteiger partial charge in [-0.25, -0.2) is 0 Å². The van der Waals surface area contributed by atoms with Crippen LogP contribution in [0.4, 0.5) is 65.9 Å². The third-order valence-electron chi connectivity index (χ3n) is 4.47. The van der Waals surface area contributed by atoms with Gasteiger partial charge in [-0.1, -0.05) is 32.9 Å². The number of rotatable bonds is 6. The second-order valence-corrected chi connectivity index (χ2v) is 7.77. The first kappa shape index (κ1) is 28.2. The maximum Gasteiger partial charge on any atom is 0.416 e. The third kappa shape index (κ3) is 3.78. The molecular weight excluding hydrogens is 489 g/mol. The standard InChI is InChI=1S/C17H13F15/c1-10(2,3)13(23,24)15(27,28)17(31,32)16(29,30)14(25,26)11(18,19)8-5-4-6-9(7-8)12(20,21)22/h4-7H,1-3H3. The van der Waals surface area contributed by atoms with Crippen LogP contribution in [0, 0.1) is 5.41 Å². The zero-order valence-corrected chi connectivity index (χ0v) is 16.0. The van der Waals surface area contributed by atoms with Crippen molar-refractivity contribution in [3.8, 4) is 0 Å². The Morgan fingerprint density at radius 1 is 0.469 bits per heavy atom. The Hall–Kier alpha value is -1.83. The van der Waals surface area contributed by atoms with Crippen LogP contribution in [0.5, 0.6) is 0 Å². The Morgan fingerprint density at radius 2 is 0.812 bits per heavy atom. The summed E-state index contributed by atoms with van der Waals surface area (Å²) in [6.45, 7) is 0.472. The lowest BCUT2D eigenvalue weighted by Crippen LogP contribution is -2.71. The lowest BCUT2D eigenvalue weighted by molar-refractivity contribution is -0.435. The minimum Gasteiger partial charge on any atom is -0.199 e. The van der Waals surface area contributed by atoms with Gasteiger partial charge in [0.2, 0.25) is 0 Å². The van der Waals surface area contributed by atoms with Gasteiger partial charge in [-0.3, -0.25) is 0 Å². The summed E-state index contributed by atoms with van der Waals surface area (Å²) >= 11 is 0. The lowest BCUT2D eigenvalue weighted by atomic mass is 9.79. The van der Waals surface area contributed by atoms with Crippen molar-refractivity contribution in [1.82, 2.24) is 0 Å². The van der Waals surface area contributed by atoms with E-state index in [1.807, 2.05) is 0 Å². The highest BCUT2D eigenvalue weighted by molar-refractivity contribution is 5.31. The van der Waals surface area contributed by atoms with Gasteiger partial charge < -0.3 is 0 Å². The quantitative estimate of drug-likeness (QED) is 0.346. The summed E-state index contributed by atoms with van der Waals surface area (Å²) in [4.78, 5) is 0. The molecule has 1 rings (SSSR count). The molecule has 0 heterocycles. The highest BCUT2D eigenvalue weighted by Gasteiger charge is 2.91. The fourth-order valence-electron chi connectivity index (χ4n) is 2.33. The summed E-state index contributed by atoms with van der Waals surface area (Å²) < 4.78 is 205. The molecule has 0 saturated heterocycles. The fraction of sp³-hybridized carbons (Fsp3) is 0.647. The summed E-state index contributed by atoms with van der Waals surface area (Å²) in [7, 11) is 0. The van der Waals surface area contributed by atoms with Crippen LogP contribution in [0.25, 0.3) is 0 Å². The van der Waals surface area contributed by atoms with Gasteiger partial charge in [-0.05, 0) is 12.1 Å². The van der Waals surface area contributed by atoms with Crippen molar-refractivity contribution < 1.29 is 65.9 Å². The predicted octanol–water partition coefficient (Wildman–Crippen LogP) is 8.02. The lowest BCUT2D eigenvalue weighted by Gasteiger charge is -2.44. The number of alkyl halides is 15. The molecule has 1 aromatic carbocycles. The molecular formula is C17H13F15. The molecule has 0 unspecified atom stereocenters. The molecule has 0 spiro atoms. The average Bonchev–Trinajstić information content (AvgIpc) is 2.59. The van der Waals surface area contributed by atoms with E-state index in [0.717, 1.165) is 0 Å². The van der Waals surface area contributed by atoms with Gasteiger partial charge >= 0.3 is 41.7 Å². The topological polar surface area (TPSA) is 0 Å². The number of hydrogen-bond donors (Lipinski definition) is 0. The molecule has 0 saturated carbocycles. The molecule has 32 heavy (non-hydrogen) atoms. The molecule has 1 aromatic rings. The molecule has 0 aliphatic carbocycles. The first-order chi connectivity index (χ1) is 13.7. The molecule has 0 atom stereocenters. The monoisotopic (exact) mass is 502 g/mol. The van der Waals surface area contributed by atoms with Gasteiger partial charge in [0.1, 0.15) is 0 Å². The van der Waals surface area contributed by atoms with E-state index in [-0.39, 0.29) is 39.0 Å². The molecule has 0 aliphatic rings. The first-order valence-electron chi connectivity index (χ1n) is 8.16. The first-order valence-corrected chi connectivity index (χ1v) is 8.16. The maximum absolute atomic E-state index is 14.1. The van der Waals surface area contributed by atoms with Crippen LogP contribution in [-0.4, -0.2) is 29.6 Å². The van der Waals surface area contributed by atoms with Crippen molar-refractivity contribution in [3.63, 3.8) is 0 Å². The van der Waals surface area contributed by atoms with E-state index in [1.165, 1.54) is 0 Å². The van der Waals surface area contributed by atoms with Crippen molar-refractivity contribution in [2.45, 2.75) is 62.5 Å². The zero-order valence-electron chi connectivity index (χ0n) is 16.0. The van der Waals surface area contributed by atoms with Crippen LogP contribution in [-0.2, 0) is 12.1 Å². The highest BCUT2D eigenvalue weighted by Crippen LogP contribution is 2.64. The minimum atomic E-state index is -7.87. The van der Waals surface area contributed by atoms with Crippen LogP contribution in [0.15, 0.2) is 24.3 Å². The van der Waals surface area contributed by atoms with Crippen LogP contribution >= 0.6 is 0 Å². The molecule has 0 aromatic heterocycles. The summed E-state index contributed by atoms with van der Waals surface area (Å²) in [6.07, 6.45) is -5.48. The second-order valence-electron chi connectivity index (χ2n) is 7.77. The van der Waals surface area contributed by atoms with Gasteiger partial charge in [-0.2, -0.15) is 65.9 Å². The number of benzene rings is 1. The summed E-state index contributed by atoms with van der Waals surface area (Å²) in [5.74, 6) is -43.3. The molecule has 0 nitrogen and oxygen atoms in total. The Balaban J connectivity index is 3.70.